The fourth-order valence-electron chi connectivity index (χ4n) is 3.51. The van der Waals surface area contributed by atoms with Crippen LogP contribution in [-0.2, 0) is 13.2 Å². The van der Waals surface area contributed by atoms with Crippen LogP contribution >= 0.6 is 39.7 Å². The van der Waals surface area contributed by atoms with E-state index in [0.29, 0.717) is 51.6 Å². The fraction of sp³-hybridized carbons (Fsp3) is 0.200. The SMILES string of the molecule is CCOc1cc(CNn2c(-c3ccccc3OC)n[nH]c2=S)c(Br)cc1OCc1ccc(F)cc1Cl. The molecule has 0 radical (unpaired) electrons. The molecule has 0 aliphatic rings. The van der Waals surface area contributed by atoms with Crippen molar-refractivity contribution < 1.29 is 18.6 Å². The normalized spacial score (nSPS) is 10.8. The summed E-state index contributed by atoms with van der Waals surface area (Å²) >= 11 is 15.2. The average Bonchev–Trinajstić information content (AvgIpc) is 3.24. The van der Waals surface area contributed by atoms with Gasteiger partial charge in [-0.2, -0.15) is 5.10 Å². The molecule has 1 aromatic heterocycles. The van der Waals surface area contributed by atoms with Crippen LogP contribution in [0.5, 0.6) is 17.2 Å². The van der Waals surface area contributed by atoms with E-state index in [1.54, 1.807) is 17.9 Å². The van der Waals surface area contributed by atoms with Gasteiger partial charge in [-0.3, -0.25) is 0 Å². The smallest absolute Gasteiger partial charge is 0.214 e. The van der Waals surface area contributed by atoms with Gasteiger partial charge in [0.2, 0.25) is 4.77 Å². The van der Waals surface area contributed by atoms with Gasteiger partial charge in [0.15, 0.2) is 17.3 Å². The van der Waals surface area contributed by atoms with Crippen LogP contribution in [-0.4, -0.2) is 28.6 Å². The molecule has 0 saturated carbocycles. The second-order valence-electron chi connectivity index (χ2n) is 7.57. The van der Waals surface area contributed by atoms with E-state index in [2.05, 4.69) is 31.6 Å². The average molecular weight is 594 g/mol. The molecular formula is C25H23BrClFN4O3S. The molecule has 0 fully saturated rings. The van der Waals surface area contributed by atoms with Crippen molar-refractivity contribution in [3.05, 3.63) is 85.8 Å². The molecule has 0 amide bonds. The topological polar surface area (TPSA) is 73.3 Å². The number of methoxy groups -OCH3 is 1. The Morgan fingerprint density at radius 1 is 1.08 bits per heavy atom. The monoisotopic (exact) mass is 592 g/mol. The molecule has 0 saturated heterocycles. The third kappa shape index (κ3) is 5.83. The van der Waals surface area contributed by atoms with E-state index in [1.165, 1.54) is 12.1 Å². The molecule has 188 valence electrons. The molecule has 4 aromatic rings. The zero-order valence-electron chi connectivity index (χ0n) is 19.5. The van der Waals surface area contributed by atoms with Crippen molar-refractivity contribution in [3.63, 3.8) is 0 Å². The molecule has 0 aliphatic heterocycles. The first-order valence-electron chi connectivity index (χ1n) is 11.0. The Hall–Kier alpha value is -3.08. The second-order valence-corrected chi connectivity index (χ2v) is 9.22. The van der Waals surface area contributed by atoms with Crippen molar-refractivity contribution in [1.82, 2.24) is 14.9 Å². The number of aromatic nitrogens is 3. The largest absolute Gasteiger partial charge is 0.496 e. The summed E-state index contributed by atoms with van der Waals surface area (Å²) < 4.78 is 33.5. The first kappa shape index (κ1) is 26.0. The highest BCUT2D eigenvalue weighted by Gasteiger charge is 2.16. The van der Waals surface area contributed by atoms with Gasteiger partial charge < -0.3 is 19.6 Å². The lowest BCUT2D eigenvalue weighted by Gasteiger charge is -2.17. The molecule has 36 heavy (non-hydrogen) atoms. The molecule has 0 atom stereocenters. The number of nitrogens with one attached hydrogen (secondary N) is 2. The lowest BCUT2D eigenvalue weighted by atomic mass is 10.2. The first-order valence-corrected chi connectivity index (χ1v) is 12.6. The van der Waals surface area contributed by atoms with E-state index in [4.69, 9.17) is 38.0 Å². The van der Waals surface area contributed by atoms with Gasteiger partial charge in [0, 0.05) is 10.0 Å². The fourth-order valence-corrected chi connectivity index (χ4v) is 4.39. The van der Waals surface area contributed by atoms with Crippen LogP contribution < -0.4 is 19.6 Å². The van der Waals surface area contributed by atoms with Crippen LogP contribution in [0.3, 0.4) is 0 Å². The predicted molar refractivity (Wildman–Crippen MR) is 144 cm³/mol. The minimum atomic E-state index is -0.398. The first-order chi connectivity index (χ1) is 17.4. The van der Waals surface area contributed by atoms with Crippen LogP contribution in [0.4, 0.5) is 4.39 Å². The Labute approximate surface area is 226 Å². The summed E-state index contributed by atoms with van der Waals surface area (Å²) in [7, 11) is 1.61. The Kier molecular flexibility index (Phi) is 8.50. The van der Waals surface area contributed by atoms with E-state index >= 15 is 0 Å². The number of ether oxygens (including phenoxy) is 3. The standard InChI is InChI=1S/C25H23BrClFN4O3S/c1-3-34-22-10-16(19(26)12-23(22)35-14-15-8-9-17(28)11-20(15)27)13-29-32-24(30-31-25(32)36)18-6-4-5-7-21(18)33-2/h4-12,29H,3,13-14H2,1-2H3,(H,31,36). The van der Waals surface area contributed by atoms with Gasteiger partial charge in [-0.25, -0.2) is 14.2 Å². The number of nitrogens with zero attached hydrogens (tertiary/aromatic N) is 2. The van der Waals surface area contributed by atoms with Crippen molar-refractivity contribution in [3.8, 4) is 28.6 Å². The molecule has 7 nitrogen and oxygen atoms in total. The van der Waals surface area contributed by atoms with Gasteiger partial charge in [0.1, 0.15) is 18.2 Å². The number of para-hydroxylation sites is 1. The lowest BCUT2D eigenvalue weighted by molar-refractivity contribution is 0.269. The van der Waals surface area contributed by atoms with Crippen LogP contribution in [0.2, 0.25) is 5.02 Å². The summed E-state index contributed by atoms with van der Waals surface area (Å²) in [5.41, 5.74) is 5.67. The summed E-state index contributed by atoms with van der Waals surface area (Å²) in [6, 6.07) is 15.5. The van der Waals surface area contributed by atoms with Gasteiger partial charge in [-0.1, -0.05) is 45.7 Å². The van der Waals surface area contributed by atoms with Crippen LogP contribution in [0.1, 0.15) is 18.1 Å². The van der Waals surface area contributed by atoms with Crippen molar-refractivity contribution in [2.24, 2.45) is 0 Å². The number of hydrogen-bond donors (Lipinski definition) is 2. The summed E-state index contributed by atoms with van der Waals surface area (Å²) in [5.74, 6) is 1.97. The Balaban J connectivity index is 1.56. The highest BCUT2D eigenvalue weighted by Crippen LogP contribution is 2.35. The van der Waals surface area contributed by atoms with Gasteiger partial charge in [-0.15, -0.1) is 0 Å². The Bertz CT molecular complexity index is 1430. The van der Waals surface area contributed by atoms with E-state index < -0.39 is 5.82 Å². The zero-order valence-corrected chi connectivity index (χ0v) is 22.6. The summed E-state index contributed by atoms with van der Waals surface area (Å²) in [6.45, 7) is 2.91. The molecule has 3 aromatic carbocycles. The Morgan fingerprint density at radius 2 is 1.86 bits per heavy atom. The predicted octanol–water partition coefficient (Wildman–Crippen LogP) is 6.89. The van der Waals surface area contributed by atoms with E-state index in [-0.39, 0.29) is 6.61 Å². The minimum Gasteiger partial charge on any atom is -0.496 e. The minimum absolute atomic E-state index is 0.162. The van der Waals surface area contributed by atoms with Crippen LogP contribution in [0.25, 0.3) is 11.4 Å². The van der Waals surface area contributed by atoms with E-state index in [1.807, 2.05) is 43.3 Å². The third-order valence-electron chi connectivity index (χ3n) is 5.26. The van der Waals surface area contributed by atoms with Crippen molar-refractivity contribution in [1.29, 1.82) is 0 Å². The molecule has 0 bridgehead atoms. The van der Waals surface area contributed by atoms with E-state index in [9.17, 15) is 4.39 Å². The summed E-state index contributed by atoms with van der Waals surface area (Å²) in [5, 5.41) is 7.50. The molecule has 4 rings (SSSR count). The number of hydrogen-bond acceptors (Lipinski definition) is 6. The number of aromatic amines is 1. The van der Waals surface area contributed by atoms with Crippen LogP contribution in [0, 0.1) is 10.6 Å². The molecule has 0 spiro atoms. The maximum absolute atomic E-state index is 13.4. The summed E-state index contributed by atoms with van der Waals surface area (Å²) in [6.07, 6.45) is 0. The molecule has 11 heteroatoms. The second kappa shape index (κ2) is 11.8. The van der Waals surface area contributed by atoms with E-state index in [0.717, 1.165) is 15.6 Å². The maximum atomic E-state index is 13.4. The van der Waals surface area contributed by atoms with Gasteiger partial charge in [0.25, 0.3) is 0 Å². The quantitative estimate of drug-likeness (QED) is 0.195. The number of benzene rings is 3. The Morgan fingerprint density at radius 3 is 2.61 bits per heavy atom. The molecule has 1 heterocycles. The highest BCUT2D eigenvalue weighted by molar-refractivity contribution is 9.10. The van der Waals surface area contributed by atoms with Gasteiger partial charge >= 0.3 is 0 Å². The zero-order chi connectivity index (χ0) is 25.7. The molecule has 2 N–H and O–H groups in total. The third-order valence-corrected chi connectivity index (χ3v) is 6.62. The van der Waals surface area contributed by atoms with Crippen LogP contribution in [0.15, 0.2) is 59.1 Å². The summed E-state index contributed by atoms with van der Waals surface area (Å²) in [4.78, 5) is 0. The lowest BCUT2D eigenvalue weighted by Crippen LogP contribution is -2.16. The maximum Gasteiger partial charge on any atom is 0.214 e. The molecule has 0 aliphatic carbocycles. The number of H-pyrrole nitrogens is 1. The van der Waals surface area contributed by atoms with Crippen molar-refractivity contribution >= 4 is 39.7 Å². The molecule has 0 unspecified atom stereocenters. The number of rotatable bonds is 10. The van der Waals surface area contributed by atoms with Gasteiger partial charge in [0.05, 0.1) is 30.8 Å². The molecular weight excluding hydrogens is 571 g/mol. The highest BCUT2D eigenvalue weighted by atomic mass is 79.9. The number of halogens is 3. The van der Waals surface area contributed by atoms with Gasteiger partial charge in [-0.05, 0) is 61.1 Å². The van der Waals surface area contributed by atoms with Crippen molar-refractivity contribution in [2.45, 2.75) is 20.1 Å². The van der Waals surface area contributed by atoms with Crippen molar-refractivity contribution in [2.75, 3.05) is 19.1 Å².